The monoisotopic (exact) mass is 446 g/mol. The number of hydrogen-bond donors (Lipinski definition) is 2. The summed E-state index contributed by atoms with van der Waals surface area (Å²) in [5, 5.41) is 12.4. The summed E-state index contributed by atoms with van der Waals surface area (Å²) in [6.07, 6.45) is 1.86. The molecule has 0 radical (unpaired) electrons. The van der Waals surface area contributed by atoms with E-state index >= 15 is 0 Å². The highest BCUT2D eigenvalue weighted by atomic mass is 32.2. The van der Waals surface area contributed by atoms with Crippen molar-refractivity contribution in [3.05, 3.63) is 35.9 Å². The van der Waals surface area contributed by atoms with E-state index in [2.05, 4.69) is 5.32 Å². The van der Waals surface area contributed by atoms with Crippen LogP contribution in [0.15, 0.2) is 30.3 Å². The molecule has 4 rings (SSSR count). The standard InChI is InChI=1S/C23H30N2O5S/c1-3-30-21(29)17-16-20(28)25(12-7-13-26)18(23(16)11-10-22(17,2)31-23)19(27)24-14-15-8-5-4-6-9-15/h4-6,8-9,16-18,26H,3,7,10-14H2,1-2H3,(H,24,27)/t16-,17+,18?,22-,23?/m0/s1. The topological polar surface area (TPSA) is 95.9 Å². The molecule has 168 valence electrons. The smallest absolute Gasteiger partial charge is 0.311 e. The molecule has 1 aromatic rings. The van der Waals surface area contributed by atoms with Crippen LogP contribution in [-0.4, -0.2) is 63.1 Å². The first-order valence-electron chi connectivity index (χ1n) is 11.0. The largest absolute Gasteiger partial charge is 0.466 e. The van der Waals surface area contributed by atoms with Gasteiger partial charge in [0.15, 0.2) is 0 Å². The molecule has 3 fully saturated rings. The first-order chi connectivity index (χ1) is 14.9. The highest BCUT2D eigenvalue weighted by molar-refractivity contribution is 8.02. The van der Waals surface area contributed by atoms with Gasteiger partial charge in [-0.05, 0) is 38.7 Å². The molecule has 3 saturated heterocycles. The highest BCUT2D eigenvalue weighted by Crippen LogP contribution is 2.71. The Morgan fingerprint density at radius 1 is 1.29 bits per heavy atom. The lowest BCUT2D eigenvalue weighted by atomic mass is 9.66. The lowest BCUT2D eigenvalue weighted by Crippen LogP contribution is -2.53. The number of nitrogens with zero attached hydrogens (tertiary/aromatic N) is 1. The first-order valence-corrected chi connectivity index (χ1v) is 11.8. The summed E-state index contributed by atoms with van der Waals surface area (Å²) in [7, 11) is 0. The summed E-state index contributed by atoms with van der Waals surface area (Å²) < 4.78 is 4.30. The third kappa shape index (κ3) is 3.53. The maximum atomic E-state index is 13.6. The van der Waals surface area contributed by atoms with Gasteiger partial charge in [0.1, 0.15) is 6.04 Å². The van der Waals surface area contributed by atoms with Crippen molar-refractivity contribution in [1.29, 1.82) is 0 Å². The molecular formula is C23H30N2O5S. The maximum Gasteiger partial charge on any atom is 0.311 e. The van der Waals surface area contributed by atoms with E-state index in [1.807, 2.05) is 37.3 Å². The van der Waals surface area contributed by atoms with Crippen molar-refractivity contribution in [2.75, 3.05) is 19.8 Å². The summed E-state index contributed by atoms with van der Waals surface area (Å²) in [4.78, 5) is 41.5. The minimum absolute atomic E-state index is 0.0635. The van der Waals surface area contributed by atoms with E-state index in [0.717, 1.165) is 12.0 Å². The molecule has 1 aromatic carbocycles. The number of nitrogens with one attached hydrogen (secondary N) is 1. The molecule has 2 N–H and O–H groups in total. The van der Waals surface area contributed by atoms with Crippen molar-refractivity contribution in [1.82, 2.24) is 10.2 Å². The van der Waals surface area contributed by atoms with E-state index in [1.54, 1.807) is 23.6 Å². The third-order valence-corrected chi connectivity index (χ3v) is 8.92. The zero-order valence-corrected chi connectivity index (χ0v) is 18.8. The lowest BCUT2D eigenvalue weighted by Gasteiger charge is -2.34. The summed E-state index contributed by atoms with van der Waals surface area (Å²) in [5.74, 6) is -1.82. The van der Waals surface area contributed by atoms with Crippen molar-refractivity contribution < 1.29 is 24.2 Å². The normalized spacial score (nSPS) is 33.5. The average molecular weight is 447 g/mol. The van der Waals surface area contributed by atoms with Gasteiger partial charge in [0.25, 0.3) is 0 Å². The Hall–Kier alpha value is -2.06. The van der Waals surface area contributed by atoms with Crippen LogP contribution in [0.25, 0.3) is 0 Å². The van der Waals surface area contributed by atoms with Gasteiger partial charge < -0.3 is 20.1 Å². The number of carbonyl (C=O) groups excluding carboxylic acids is 3. The van der Waals surface area contributed by atoms with Crippen LogP contribution in [0.4, 0.5) is 0 Å². The molecule has 3 aliphatic rings. The predicted octanol–water partition coefficient (Wildman–Crippen LogP) is 1.73. The average Bonchev–Trinajstić information content (AvgIpc) is 3.32. The number of ether oxygens (including phenoxy) is 1. The van der Waals surface area contributed by atoms with E-state index in [9.17, 15) is 19.5 Å². The molecule has 31 heavy (non-hydrogen) atoms. The van der Waals surface area contributed by atoms with Gasteiger partial charge in [0, 0.05) is 24.4 Å². The number of esters is 1. The Balaban J connectivity index is 1.65. The molecule has 0 aliphatic carbocycles. The number of rotatable bonds is 8. The van der Waals surface area contributed by atoms with Crippen molar-refractivity contribution in [3.63, 3.8) is 0 Å². The van der Waals surface area contributed by atoms with Crippen molar-refractivity contribution >= 4 is 29.5 Å². The van der Waals surface area contributed by atoms with Gasteiger partial charge in [-0.2, -0.15) is 0 Å². The molecule has 5 atom stereocenters. The van der Waals surface area contributed by atoms with Gasteiger partial charge in [0.05, 0.1) is 23.2 Å². The molecule has 7 nitrogen and oxygen atoms in total. The van der Waals surface area contributed by atoms with Crippen molar-refractivity contribution in [2.45, 2.75) is 55.2 Å². The highest BCUT2D eigenvalue weighted by Gasteiger charge is 2.77. The Morgan fingerprint density at radius 3 is 2.71 bits per heavy atom. The Labute approximate surface area is 186 Å². The summed E-state index contributed by atoms with van der Waals surface area (Å²) in [5.41, 5.74) is 0.982. The van der Waals surface area contributed by atoms with Gasteiger partial charge in [-0.25, -0.2) is 0 Å². The molecule has 1 spiro atoms. The number of carbonyl (C=O) groups is 3. The molecular weight excluding hydrogens is 416 g/mol. The number of aliphatic hydroxyl groups is 1. The van der Waals surface area contributed by atoms with E-state index in [0.29, 0.717) is 25.9 Å². The van der Waals surface area contributed by atoms with Crippen LogP contribution in [0.5, 0.6) is 0 Å². The number of aliphatic hydroxyl groups excluding tert-OH is 1. The molecule has 3 aliphatic heterocycles. The Morgan fingerprint density at radius 2 is 2.03 bits per heavy atom. The molecule has 0 aromatic heterocycles. The zero-order chi connectivity index (χ0) is 22.2. The van der Waals surface area contributed by atoms with Gasteiger partial charge >= 0.3 is 5.97 Å². The second-order valence-corrected chi connectivity index (χ2v) is 10.7. The lowest BCUT2D eigenvalue weighted by molar-refractivity contribution is -0.155. The van der Waals surface area contributed by atoms with Crippen LogP contribution < -0.4 is 5.32 Å². The Bertz CT molecular complexity index is 865. The summed E-state index contributed by atoms with van der Waals surface area (Å²) in [6.45, 7) is 4.66. The van der Waals surface area contributed by atoms with Crippen LogP contribution in [0.1, 0.15) is 38.7 Å². The number of amides is 2. The van der Waals surface area contributed by atoms with E-state index < -0.39 is 27.4 Å². The van der Waals surface area contributed by atoms with Crippen LogP contribution in [-0.2, 0) is 25.7 Å². The molecule has 2 unspecified atom stereocenters. The van der Waals surface area contributed by atoms with Crippen molar-refractivity contribution in [3.8, 4) is 0 Å². The molecule has 8 heteroatoms. The summed E-state index contributed by atoms with van der Waals surface area (Å²) >= 11 is 1.63. The fraction of sp³-hybridized carbons (Fsp3) is 0.609. The Kier molecular flexibility index (Phi) is 6.05. The molecule has 2 amide bonds. The van der Waals surface area contributed by atoms with E-state index in [4.69, 9.17) is 4.74 Å². The number of thioether (sulfide) groups is 1. The number of likely N-dealkylation sites (tertiary alicyclic amines) is 1. The minimum atomic E-state index is -0.661. The fourth-order valence-corrected chi connectivity index (χ4v) is 8.02. The van der Waals surface area contributed by atoms with Gasteiger partial charge in [0.2, 0.25) is 11.8 Å². The van der Waals surface area contributed by atoms with Gasteiger partial charge in [-0.1, -0.05) is 30.3 Å². The van der Waals surface area contributed by atoms with Crippen LogP contribution in [0, 0.1) is 11.8 Å². The van der Waals surface area contributed by atoms with Gasteiger partial charge in [-0.3, -0.25) is 14.4 Å². The predicted molar refractivity (Wildman–Crippen MR) is 117 cm³/mol. The first kappa shape index (κ1) is 22.1. The third-order valence-electron chi connectivity index (χ3n) is 6.93. The number of benzene rings is 1. The summed E-state index contributed by atoms with van der Waals surface area (Å²) in [6, 6.07) is 8.98. The number of hydrogen-bond acceptors (Lipinski definition) is 6. The SMILES string of the molecule is CCOC(=O)[C@H]1[C@H]2C(=O)N(CCCO)C(C(=O)NCc3ccccc3)C23CC[C@]1(C)S3. The van der Waals surface area contributed by atoms with Crippen LogP contribution in [0.3, 0.4) is 0 Å². The molecule has 3 heterocycles. The maximum absolute atomic E-state index is 13.6. The second-order valence-electron chi connectivity index (χ2n) is 8.79. The fourth-order valence-electron chi connectivity index (χ4n) is 5.68. The van der Waals surface area contributed by atoms with E-state index in [-0.39, 0.29) is 31.0 Å². The molecule has 2 bridgehead atoms. The van der Waals surface area contributed by atoms with Crippen molar-refractivity contribution in [2.24, 2.45) is 11.8 Å². The molecule has 0 saturated carbocycles. The van der Waals surface area contributed by atoms with Crippen LogP contribution >= 0.6 is 11.8 Å². The van der Waals surface area contributed by atoms with Crippen LogP contribution in [0.2, 0.25) is 0 Å². The van der Waals surface area contributed by atoms with E-state index in [1.165, 1.54) is 0 Å². The van der Waals surface area contributed by atoms with Gasteiger partial charge in [-0.15, -0.1) is 11.8 Å². The quantitative estimate of drug-likeness (QED) is 0.591. The zero-order valence-electron chi connectivity index (χ0n) is 18.0. The minimum Gasteiger partial charge on any atom is -0.466 e. The number of fused-ring (bicyclic) bond motifs is 1. The second kappa shape index (κ2) is 8.47.